The first-order valence-electron chi connectivity index (χ1n) is 23.3. The Morgan fingerprint density at radius 1 is 0.306 bits per heavy atom. The standard InChI is InChI=1S/C62H46N4O4S2/c1-67-49-31-23-43(24-32-49)55(44-25-33-50(68-2)34-26-44)53(39-11-7-5-8-12-39)41-15-19-47(20-16-41)57-59-61(65-71-63-59)58(62-60(57)64-72-66-62)48-21-17-42(18-22-48)54(40-13-9-6-10-14-40)56(45-27-35-51(69-3)36-28-45)46-29-37-52(70-4)38-30-46/h5-38H,1-4H3. The summed E-state index contributed by atoms with van der Waals surface area (Å²) in [6, 6.07) is 71.5. The molecule has 9 aromatic carbocycles. The number of hydrogen-bond acceptors (Lipinski definition) is 9. The van der Waals surface area contributed by atoms with Crippen molar-refractivity contribution >= 4 is 67.8 Å². The summed E-state index contributed by atoms with van der Waals surface area (Å²) in [5.74, 6) is 3.17. The zero-order valence-corrected chi connectivity index (χ0v) is 41.5. The van der Waals surface area contributed by atoms with Gasteiger partial charge in [0, 0.05) is 11.1 Å². The molecule has 0 bridgehead atoms. The van der Waals surface area contributed by atoms with Crippen molar-refractivity contribution in [2.75, 3.05) is 28.4 Å². The lowest BCUT2D eigenvalue weighted by Crippen LogP contribution is -1.98. The fourth-order valence-corrected chi connectivity index (χ4v) is 10.6. The number of nitrogens with zero attached hydrogens (tertiary/aromatic N) is 4. The molecule has 1 aliphatic rings. The second-order valence-corrected chi connectivity index (χ2v) is 18.0. The van der Waals surface area contributed by atoms with Crippen LogP contribution in [0.15, 0.2) is 215 Å². The minimum absolute atomic E-state index is 0.786. The van der Waals surface area contributed by atoms with E-state index in [1.54, 1.807) is 28.4 Å². The first kappa shape index (κ1) is 45.7. The molecule has 8 nitrogen and oxygen atoms in total. The Labute approximate surface area is 426 Å². The number of aromatic nitrogens is 2. The number of hydrogen-bond donors (Lipinski definition) is 0. The number of fused-ring (bicyclic) bond motifs is 2. The predicted octanol–water partition coefficient (Wildman–Crippen LogP) is 15.8. The van der Waals surface area contributed by atoms with E-state index in [9.17, 15) is 0 Å². The van der Waals surface area contributed by atoms with Crippen molar-refractivity contribution in [2.45, 2.75) is 0 Å². The van der Waals surface area contributed by atoms with E-state index >= 15 is 0 Å². The molecule has 11 rings (SSSR count). The molecule has 350 valence electrons. The van der Waals surface area contributed by atoms with Crippen LogP contribution in [0.3, 0.4) is 0 Å². The van der Waals surface area contributed by atoms with Crippen LogP contribution < -0.4 is 18.9 Å². The van der Waals surface area contributed by atoms with Crippen LogP contribution in [0.25, 0.3) is 55.6 Å². The summed E-state index contributed by atoms with van der Waals surface area (Å²) in [5.41, 5.74) is 19.7. The van der Waals surface area contributed by atoms with E-state index in [0.717, 1.165) is 134 Å². The molecule has 0 saturated heterocycles. The van der Waals surface area contributed by atoms with Gasteiger partial charge < -0.3 is 18.9 Å². The third-order valence-corrected chi connectivity index (χ3v) is 14.0. The van der Waals surface area contributed by atoms with Gasteiger partial charge in [-0.1, -0.05) is 158 Å². The molecule has 10 heteroatoms. The minimum atomic E-state index is 0.786. The van der Waals surface area contributed by atoms with Crippen LogP contribution in [0.5, 0.6) is 23.0 Å². The van der Waals surface area contributed by atoms with Crippen LogP contribution in [-0.4, -0.2) is 37.2 Å². The van der Waals surface area contributed by atoms with E-state index in [4.69, 9.17) is 36.4 Å². The van der Waals surface area contributed by atoms with Crippen molar-refractivity contribution in [2.24, 2.45) is 8.73 Å². The molecular formula is C62H46N4O4S2. The van der Waals surface area contributed by atoms with Crippen LogP contribution in [0, 0.1) is 0 Å². The number of methoxy groups -OCH3 is 4. The third-order valence-electron chi connectivity index (χ3n) is 13.0. The van der Waals surface area contributed by atoms with Crippen LogP contribution in [0.2, 0.25) is 0 Å². The van der Waals surface area contributed by atoms with Gasteiger partial charge in [0.05, 0.1) is 51.5 Å². The van der Waals surface area contributed by atoms with Gasteiger partial charge >= 0.3 is 0 Å². The smallest absolute Gasteiger partial charge is 0.118 e. The zero-order valence-electron chi connectivity index (χ0n) is 39.9. The highest BCUT2D eigenvalue weighted by atomic mass is 32.1. The monoisotopic (exact) mass is 974 g/mol. The molecule has 0 fully saturated rings. The Hall–Kier alpha value is -8.70. The first-order chi connectivity index (χ1) is 35.5. The average Bonchev–Trinajstić information content (AvgIpc) is 4.15. The van der Waals surface area contributed by atoms with Gasteiger partial charge in [0.2, 0.25) is 0 Å². The van der Waals surface area contributed by atoms with E-state index in [-0.39, 0.29) is 0 Å². The van der Waals surface area contributed by atoms with Crippen molar-refractivity contribution < 1.29 is 18.9 Å². The lowest BCUT2D eigenvalue weighted by Gasteiger charge is -2.19. The van der Waals surface area contributed by atoms with Crippen LogP contribution in [0.1, 0.15) is 44.5 Å². The maximum absolute atomic E-state index is 5.57. The van der Waals surface area contributed by atoms with Crippen molar-refractivity contribution in [3.63, 3.8) is 0 Å². The van der Waals surface area contributed by atoms with Crippen molar-refractivity contribution in [1.82, 2.24) is 8.75 Å². The van der Waals surface area contributed by atoms with Gasteiger partial charge in [0.15, 0.2) is 0 Å². The lowest BCUT2D eigenvalue weighted by atomic mass is 9.84. The third kappa shape index (κ3) is 8.78. The van der Waals surface area contributed by atoms with Gasteiger partial charge in [-0.15, -0.1) is 0 Å². The van der Waals surface area contributed by atoms with Gasteiger partial charge in [0.1, 0.15) is 45.4 Å². The van der Waals surface area contributed by atoms with Gasteiger partial charge in [0.25, 0.3) is 0 Å². The molecule has 0 radical (unpaired) electrons. The summed E-state index contributed by atoms with van der Waals surface area (Å²) in [7, 11) is 6.75. The lowest BCUT2D eigenvalue weighted by molar-refractivity contribution is 0.414. The van der Waals surface area contributed by atoms with Gasteiger partial charge in [-0.2, -0.15) is 17.5 Å². The molecule has 0 N–H and O–H groups in total. The highest BCUT2D eigenvalue weighted by Crippen LogP contribution is 2.52. The molecule has 0 amide bonds. The topological polar surface area (TPSA) is 87.4 Å². The van der Waals surface area contributed by atoms with E-state index in [1.807, 2.05) is 60.7 Å². The summed E-state index contributed by atoms with van der Waals surface area (Å²) in [4.78, 5) is 0. The number of ether oxygens (including phenoxy) is 4. The van der Waals surface area contributed by atoms with Gasteiger partial charge in [-0.3, -0.25) is 0 Å². The number of benzene rings is 9. The zero-order chi connectivity index (χ0) is 49.0. The Balaban J connectivity index is 1.03. The summed E-state index contributed by atoms with van der Waals surface area (Å²) in [6.45, 7) is 0. The van der Waals surface area contributed by atoms with E-state index < -0.39 is 0 Å². The van der Waals surface area contributed by atoms with Crippen LogP contribution in [0.4, 0.5) is 11.4 Å². The highest BCUT2D eigenvalue weighted by Gasteiger charge is 2.27. The molecule has 1 aromatic heterocycles. The average molecular weight is 975 g/mol. The summed E-state index contributed by atoms with van der Waals surface area (Å²) in [5, 5.41) is 0. The van der Waals surface area contributed by atoms with Crippen molar-refractivity contribution in [3.05, 3.63) is 251 Å². The summed E-state index contributed by atoms with van der Waals surface area (Å²) < 4.78 is 42.1. The SMILES string of the molecule is COc1ccc(C(=C(c2ccccc2)c2ccc(-c3c4c(c(-c5ccc(C(=C(c6ccc(OC)cc6)c6ccc(OC)cc6)c6ccccc6)cc5)c5nsnc35)N=S=N4)cc2)c2ccc(OC)cc2)cc1. The van der Waals surface area contributed by atoms with E-state index in [0.29, 0.717) is 0 Å². The normalized spacial score (nSPS) is 11.4. The molecule has 0 unspecified atom stereocenters. The van der Waals surface area contributed by atoms with Crippen molar-refractivity contribution in [3.8, 4) is 45.3 Å². The summed E-state index contributed by atoms with van der Waals surface area (Å²) in [6.07, 6.45) is 0. The predicted molar refractivity (Wildman–Crippen MR) is 295 cm³/mol. The largest absolute Gasteiger partial charge is 0.497 e. The molecular weight excluding hydrogens is 929 g/mol. The van der Waals surface area contributed by atoms with Crippen LogP contribution in [-0.2, 0) is 11.4 Å². The van der Waals surface area contributed by atoms with Gasteiger partial charge in [-0.25, -0.2) is 0 Å². The Bertz CT molecular complexity index is 3360. The molecule has 0 saturated carbocycles. The molecule has 72 heavy (non-hydrogen) atoms. The second kappa shape index (κ2) is 20.3. The second-order valence-electron chi connectivity index (χ2n) is 17.0. The minimum Gasteiger partial charge on any atom is -0.497 e. The van der Waals surface area contributed by atoms with E-state index in [2.05, 4.69) is 146 Å². The molecule has 0 atom stereocenters. The highest BCUT2D eigenvalue weighted by molar-refractivity contribution is 7.58. The maximum Gasteiger partial charge on any atom is 0.118 e. The molecule has 10 aromatic rings. The Morgan fingerprint density at radius 2 is 0.556 bits per heavy atom. The Morgan fingerprint density at radius 3 is 0.819 bits per heavy atom. The molecule has 1 aliphatic heterocycles. The molecule has 0 aliphatic carbocycles. The molecule has 2 heterocycles. The summed E-state index contributed by atoms with van der Waals surface area (Å²) >= 11 is 2.40. The van der Waals surface area contributed by atoms with E-state index in [1.165, 1.54) is 23.1 Å². The molecule has 0 spiro atoms. The fraction of sp³-hybridized carbons (Fsp3) is 0.0645. The Kier molecular flexibility index (Phi) is 12.9. The fourth-order valence-electron chi connectivity index (χ4n) is 9.47. The quantitative estimate of drug-likeness (QED) is 0.101. The maximum atomic E-state index is 5.57. The van der Waals surface area contributed by atoms with Crippen LogP contribution >= 0.6 is 11.7 Å². The van der Waals surface area contributed by atoms with Crippen molar-refractivity contribution in [1.29, 1.82) is 0 Å². The van der Waals surface area contributed by atoms with Gasteiger partial charge in [-0.05, 0) is 126 Å². The number of rotatable bonds is 14. The first-order valence-corrected chi connectivity index (χ1v) is 24.8.